The van der Waals surface area contributed by atoms with Crippen LogP contribution in [-0.4, -0.2) is 69.7 Å². The van der Waals surface area contributed by atoms with Crippen molar-refractivity contribution in [3.8, 4) is 0 Å². The van der Waals surface area contributed by atoms with Gasteiger partial charge in [-0.3, -0.25) is 19.2 Å². The lowest BCUT2D eigenvalue weighted by atomic mass is 10.1. The molecular formula is C12H20N4O8. The number of hydrogen-bond acceptors (Lipinski definition) is 7. The fourth-order valence-corrected chi connectivity index (χ4v) is 1.55. The second kappa shape index (κ2) is 10.1. The monoisotopic (exact) mass is 348 g/mol. The molecule has 0 aromatic heterocycles. The second-order valence-electron chi connectivity index (χ2n) is 4.85. The summed E-state index contributed by atoms with van der Waals surface area (Å²) in [4.78, 5) is 55.9. The number of aliphatic hydroxyl groups excluding tert-OH is 1. The van der Waals surface area contributed by atoms with Gasteiger partial charge < -0.3 is 37.4 Å². The third-order valence-corrected chi connectivity index (χ3v) is 2.85. The van der Waals surface area contributed by atoms with Gasteiger partial charge in [0.05, 0.1) is 19.1 Å². The van der Waals surface area contributed by atoms with Crippen LogP contribution >= 0.6 is 0 Å². The quantitative estimate of drug-likeness (QED) is 0.193. The summed E-state index contributed by atoms with van der Waals surface area (Å²) in [6, 6.07) is -4.48. The number of nitrogens with two attached hydrogens (primary N) is 2. The fraction of sp³-hybridized carbons (Fsp3) is 0.583. The zero-order valence-corrected chi connectivity index (χ0v) is 12.6. The number of primary amides is 1. The molecule has 12 nitrogen and oxygen atoms in total. The predicted molar refractivity (Wildman–Crippen MR) is 77.2 cm³/mol. The lowest BCUT2D eigenvalue weighted by molar-refractivity contribution is -0.144. The van der Waals surface area contributed by atoms with E-state index in [9.17, 15) is 24.0 Å². The van der Waals surface area contributed by atoms with Gasteiger partial charge in [-0.1, -0.05) is 0 Å². The van der Waals surface area contributed by atoms with E-state index in [4.69, 9.17) is 26.8 Å². The third-order valence-electron chi connectivity index (χ3n) is 2.85. The number of aliphatic hydroxyl groups is 1. The minimum Gasteiger partial charge on any atom is -0.481 e. The molecule has 3 unspecified atom stereocenters. The Hall–Kier alpha value is -2.73. The number of carboxylic acid groups (broad SMARTS) is 2. The Labute approximate surface area is 136 Å². The molecule has 0 spiro atoms. The number of carbonyl (C=O) groups excluding carboxylic acids is 3. The van der Waals surface area contributed by atoms with E-state index in [1.165, 1.54) is 0 Å². The molecular weight excluding hydrogens is 328 g/mol. The van der Waals surface area contributed by atoms with Gasteiger partial charge in [-0.2, -0.15) is 0 Å². The molecule has 0 aliphatic rings. The number of amides is 3. The number of rotatable bonds is 11. The summed E-state index contributed by atoms with van der Waals surface area (Å²) in [7, 11) is 0. The average molecular weight is 348 g/mol. The standard InChI is InChI=1S/C12H20N4O8/c13-5(1-2-8(14)18)10(21)15-6(3-9(19)20)11(22)16-7(4-17)12(23)24/h5-7,17H,1-4,13H2,(H2,14,18)(H,15,21)(H,16,22)(H,19,20)(H,23,24). The summed E-state index contributed by atoms with van der Waals surface area (Å²) < 4.78 is 0. The van der Waals surface area contributed by atoms with Gasteiger partial charge in [0.25, 0.3) is 0 Å². The molecule has 12 heteroatoms. The average Bonchev–Trinajstić information content (AvgIpc) is 2.48. The number of carboxylic acids is 2. The Morgan fingerprint density at radius 1 is 0.958 bits per heavy atom. The molecule has 0 aromatic rings. The van der Waals surface area contributed by atoms with E-state index in [0.29, 0.717) is 0 Å². The molecule has 0 bridgehead atoms. The van der Waals surface area contributed by atoms with Crippen molar-refractivity contribution in [2.24, 2.45) is 11.5 Å². The van der Waals surface area contributed by atoms with Gasteiger partial charge in [-0.25, -0.2) is 4.79 Å². The number of nitrogens with one attached hydrogen (secondary N) is 2. The Bertz CT molecular complexity index is 509. The summed E-state index contributed by atoms with van der Waals surface area (Å²) in [5, 5.41) is 30.3. The molecule has 136 valence electrons. The molecule has 0 saturated heterocycles. The van der Waals surface area contributed by atoms with Crippen LogP contribution in [0.3, 0.4) is 0 Å². The smallest absolute Gasteiger partial charge is 0.328 e. The highest BCUT2D eigenvalue weighted by molar-refractivity contribution is 5.94. The topological polar surface area (TPSA) is 222 Å². The highest BCUT2D eigenvalue weighted by Crippen LogP contribution is 1.99. The van der Waals surface area contributed by atoms with Gasteiger partial charge in [0.2, 0.25) is 17.7 Å². The van der Waals surface area contributed by atoms with E-state index >= 15 is 0 Å². The maximum Gasteiger partial charge on any atom is 0.328 e. The lowest BCUT2D eigenvalue weighted by Crippen LogP contribution is -2.55. The van der Waals surface area contributed by atoms with Crippen LogP contribution in [0.1, 0.15) is 19.3 Å². The van der Waals surface area contributed by atoms with E-state index in [1.807, 2.05) is 5.32 Å². The largest absolute Gasteiger partial charge is 0.481 e. The van der Waals surface area contributed by atoms with Crippen LogP contribution in [0.2, 0.25) is 0 Å². The molecule has 0 radical (unpaired) electrons. The molecule has 0 heterocycles. The highest BCUT2D eigenvalue weighted by Gasteiger charge is 2.29. The molecule has 0 aromatic carbocycles. The maximum atomic E-state index is 11.9. The van der Waals surface area contributed by atoms with Gasteiger partial charge in [0.1, 0.15) is 12.1 Å². The number of carbonyl (C=O) groups is 5. The second-order valence-corrected chi connectivity index (χ2v) is 4.85. The van der Waals surface area contributed by atoms with Crippen molar-refractivity contribution in [1.82, 2.24) is 10.6 Å². The normalized spacial score (nSPS) is 14.1. The van der Waals surface area contributed by atoms with Gasteiger partial charge in [0.15, 0.2) is 0 Å². The maximum absolute atomic E-state index is 11.9. The summed E-state index contributed by atoms with van der Waals surface area (Å²) in [5.74, 6) is -5.69. The van der Waals surface area contributed by atoms with E-state index in [2.05, 4.69) is 5.32 Å². The van der Waals surface area contributed by atoms with Crippen molar-refractivity contribution in [1.29, 1.82) is 0 Å². The Balaban J connectivity index is 4.90. The summed E-state index contributed by atoms with van der Waals surface area (Å²) in [6.45, 7) is -0.924. The van der Waals surface area contributed by atoms with Crippen molar-refractivity contribution < 1.29 is 39.3 Å². The van der Waals surface area contributed by atoms with Crippen LogP contribution in [-0.2, 0) is 24.0 Å². The molecule has 3 atom stereocenters. The molecule has 0 fully saturated rings. The predicted octanol–water partition coefficient (Wildman–Crippen LogP) is -3.90. The first-order valence-electron chi connectivity index (χ1n) is 6.78. The molecule has 24 heavy (non-hydrogen) atoms. The number of hydrogen-bond donors (Lipinski definition) is 7. The van der Waals surface area contributed by atoms with Crippen molar-refractivity contribution >= 4 is 29.7 Å². The number of aliphatic carboxylic acids is 2. The molecule has 3 amide bonds. The fourth-order valence-electron chi connectivity index (χ4n) is 1.55. The zero-order valence-electron chi connectivity index (χ0n) is 12.6. The van der Waals surface area contributed by atoms with Crippen LogP contribution in [0.5, 0.6) is 0 Å². The van der Waals surface area contributed by atoms with Gasteiger partial charge in [0, 0.05) is 6.42 Å². The van der Waals surface area contributed by atoms with Gasteiger partial charge >= 0.3 is 11.9 Å². The highest BCUT2D eigenvalue weighted by atomic mass is 16.4. The Morgan fingerprint density at radius 2 is 1.50 bits per heavy atom. The molecule has 0 saturated carbocycles. The van der Waals surface area contributed by atoms with Crippen molar-refractivity contribution in [2.75, 3.05) is 6.61 Å². The first-order chi connectivity index (χ1) is 11.1. The van der Waals surface area contributed by atoms with E-state index in [0.717, 1.165) is 0 Å². The Kier molecular flexibility index (Phi) is 8.97. The van der Waals surface area contributed by atoms with Crippen LogP contribution in [0, 0.1) is 0 Å². The van der Waals surface area contributed by atoms with Crippen LogP contribution < -0.4 is 22.1 Å². The molecule has 0 rings (SSSR count). The lowest BCUT2D eigenvalue weighted by Gasteiger charge is -2.21. The van der Waals surface area contributed by atoms with Crippen LogP contribution in [0.4, 0.5) is 0 Å². The van der Waals surface area contributed by atoms with Crippen molar-refractivity contribution in [3.63, 3.8) is 0 Å². The van der Waals surface area contributed by atoms with E-state index in [1.54, 1.807) is 0 Å². The third kappa shape index (κ3) is 8.05. The van der Waals surface area contributed by atoms with Crippen LogP contribution in [0.15, 0.2) is 0 Å². The van der Waals surface area contributed by atoms with Gasteiger partial charge in [-0.05, 0) is 6.42 Å². The molecule has 0 aliphatic carbocycles. The Morgan fingerprint density at radius 3 is 1.92 bits per heavy atom. The zero-order chi connectivity index (χ0) is 18.9. The van der Waals surface area contributed by atoms with Crippen molar-refractivity contribution in [2.45, 2.75) is 37.4 Å². The minimum absolute atomic E-state index is 0.114. The summed E-state index contributed by atoms with van der Waals surface area (Å²) in [5.41, 5.74) is 10.4. The molecule has 0 aliphatic heterocycles. The summed E-state index contributed by atoms with van der Waals surface area (Å²) in [6.07, 6.45) is -1.13. The van der Waals surface area contributed by atoms with Gasteiger partial charge in [-0.15, -0.1) is 0 Å². The first-order valence-corrected chi connectivity index (χ1v) is 6.78. The minimum atomic E-state index is -1.66. The van der Waals surface area contributed by atoms with Crippen molar-refractivity contribution in [3.05, 3.63) is 0 Å². The first kappa shape index (κ1) is 21.3. The SMILES string of the molecule is NC(=O)CCC(N)C(=O)NC(CC(=O)O)C(=O)NC(CO)C(=O)O. The molecule has 9 N–H and O–H groups in total. The summed E-state index contributed by atoms with van der Waals surface area (Å²) >= 11 is 0. The van der Waals surface area contributed by atoms with Crippen LogP contribution in [0.25, 0.3) is 0 Å². The van der Waals surface area contributed by atoms with E-state index < -0.39 is 60.8 Å². The van der Waals surface area contributed by atoms with E-state index in [-0.39, 0.29) is 12.8 Å².